The summed E-state index contributed by atoms with van der Waals surface area (Å²) in [4.78, 5) is 15.9. The molecule has 0 saturated carbocycles. The summed E-state index contributed by atoms with van der Waals surface area (Å²) in [5.41, 5.74) is 5.80. The SMILES string of the molecule is CC(C)Oc1nc(SCC(=O)OC(C)(C)C)ccc1N. The molecular weight excluding hydrogens is 276 g/mol. The van der Waals surface area contributed by atoms with Crippen LogP contribution in [0.25, 0.3) is 0 Å². The number of hydrogen-bond donors (Lipinski definition) is 1. The van der Waals surface area contributed by atoms with Crippen molar-refractivity contribution in [3.8, 4) is 5.88 Å². The second kappa shape index (κ2) is 6.83. The molecule has 0 aliphatic rings. The Morgan fingerprint density at radius 1 is 1.40 bits per heavy atom. The van der Waals surface area contributed by atoms with Crippen molar-refractivity contribution in [2.75, 3.05) is 11.5 Å². The zero-order valence-corrected chi connectivity index (χ0v) is 13.4. The van der Waals surface area contributed by atoms with Gasteiger partial charge in [0.25, 0.3) is 0 Å². The topological polar surface area (TPSA) is 74.4 Å². The summed E-state index contributed by atoms with van der Waals surface area (Å²) < 4.78 is 10.7. The number of esters is 1. The number of nitrogens with zero attached hydrogens (tertiary/aromatic N) is 1. The van der Waals surface area contributed by atoms with Crippen molar-refractivity contribution in [2.45, 2.75) is 51.3 Å². The minimum atomic E-state index is -0.474. The molecule has 6 heteroatoms. The van der Waals surface area contributed by atoms with Gasteiger partial charge in [0.15, 0.2) is 0 Å². The van der Waals surface area contributed by atoms with Gasteiger partial charge in [-0.15, -0.1) is 0 Å². The maximum Gasteiger partial charge on any atom is 0.316 e. The number of rotatable bonds is 5. The first-order valence-electron chi connectivity index (χ1n) is 6.45. The van der Waals surface area contributed by atoms with E-state index in [1.54, 1.807) is 12.1 Å². The van der Waals surface area contributed by atoms with Crippen molar-refractivity contribution in [3.05, 3.63) is 12.1 Å². The van der Waals surface area contributed by atoms with Crippen LogP contribution in [0.4, 0.5) is 5.69 Å². The summed E-state index contributed by atoms with van der Waals surface area (Å²) in [7, 11) is 0. The Morgan fingerprint density at radius 3 is 2.60 bits per heavy atom. The van der Waals surface area contributed by atoms with E-state index in [1.807, 2.05) is 34.6 Å². The molecule has 0 fully saturated rings. The molecule has 0 amide bonds. The van der Waals surface area contributed by atoms with Crippen molar-refractivity contribution < 1.29 is 14.3 Å². The Balaban J connectivity index is 2.62. The number of carbonyl (C=O) groups is 1. The summed E-state index contributed by atoms with van der Waals surface area (Å²) >= 11 is 1.30. The third-order valence-electron chi connectivity index (χ3n) is 1.97. The highest BCUT2D eigenvalue weighted by atomic mass is 32.2. The molecular formula is C14H22N2O3S. The lowest BCUT2D eigenvalue weighted by Gasteiger charge is -2.19. The van der Waals surface area contributed by atoms with Gasteiger partial charge in [0.05, 0.1) is 17.5 Å². The lowest BCUT2D eigenvalue weighted by molar-refractivity contribution is -0.151. The number of carbonyl (C=O) groups excluding carboxylic acids is 1. The molecule has 0 atom stereocenters. The van der Waals surface area contributed by atoms with Gasteiger partial charge in [0.2, 0.25) is 5.88 Å². The number of nitrogen functional groups attached to an aromatic ring is 1. The molecule has 0 radical (unpaired) electrons. The zero-order chi connectivity index (χ0) is 15.3. The van der Waals surface area contributed by atoms with E-state index in [-0.39, 0.29) is 17.8 Å². The van der Waals surface area contributed by atoms with Gasteiger partial charge in [0, 0.05) is 0 Å². The van der Waals surface area contributed by atoms with Crippen LogP contribution in [0.15, 0.2) is 17.2 Å². The predicted octanol–water partition coefficient (Wildman–Crippen LogP) is 2.88. The van der Waals surface area contributed by atoms with E-state index in [2.05, 4.69) is 4.98 Å². The van der Waals surface area contributed by atoms with E-state index in [0.717, 1.165) is 0 Å². The normalized spacial score (nSPS) is 11.5. The van der Waals surface area contributed by atoms with Crippen molar-refractivity contribution >= 4 is 23.4 Å². The fraction of sp³-hybridized carbons (Fsp3) is 0.571. The molecule has 0 saturated heterocycles. The first-order chi connectivity index (χ1) is 9.17. The summed E-state index contributed by atoms with van der Waals surface area (Å²) in [6.45, 7) is 9.33. The minimum absolute atomic E-state index is 0.00379. The van der Waals surface area contributed by atoms with Gasteiger partial charge in [-0.1, -0.05) is 11.8 Å². The van der Waals surface area contributed by atoms with Crippen LogP contribution in [0, 0.1) is 0 Å². The molecule has 2 N–H and O–H groups in total. The highest BCUT2D eigenvalue weighted by Crippen LogP contribution is 2.25. The maximum atomic E-state index is 11.6. The van der Waals surface area contributed by atoms with Crippen LogP contribution in [0.5, 0.6) is 5.88 Å². The van der Waals surface area contributed by atoms with E-state index in [9.17, 15) is 4.79 Å². The van der Waals surface area contributed by atoms with Gasteiger partial charge in [-0.3, -0.25) is 4.79 Å². The first kappa shape index (κ1) is 16.6. The van der Waals surface area contributed by atoms with Gasteiger partial charge in [0.1, 0.15) is 10.6 Å². The van der Waals surface area contributed by atoms with Crippen LogP contribution in [-0.2, 0) is 9.53 Å². The van der Waals surface area contributed by atoms with E-state index in [0.29, 0.717) is 16.6 Å². The summed E-state index contributed by atoms with van der Waals surface area (Å²) in [6.07, 6.45) is -0.00379. The van der Waals surface area contributed by atoms with Gasteiger partial charge < -0.3 is 15.2 Å². The molecule has 5 nitrogen and oxygen atoms in total. The number of thioether (sulfide) groups is 1. The summed E-state index contributed by atoms with van der Waals surface area (Å²) in [5, 5.41) is 0.681. The molecule has 1 aromatic rings. The van der Waals surface area contributed by atoms with Crippen LogP contribution < -0.4 is 10.5 Å². The lowest BCUT2D eigenvalue weighted by Crippen LogP contribution is -2.24. The molecule has 20 heavy (non-hydrogen) atoms. The van der Waals surface area contributed by atoms with Crippen molar-refractivity contribution in [1.29, 1.82) is 0 Å². The fourth-order valence-corrected chi connectivity index (χ4v) is 1.97. The molecule has 0 bridgehead atoms. The smallest absolute Gasteiger partial charge is 0.316 e. The average molecular weight is 298 g/mol. The molecule has 0 aromatic carbocycles. The van der Waals surface area contributed by atoms with E-state index in [4.69, 9.17) is 15.2 Å². The Hall–Kier alpha value is -1.43. The second-order valence-corrected chi connectivity index (χ2v) is 6.58. The van der Waals surface area contributed by atoms with Gasteiger partial charge in [-0.05, 0) is 46.8 Å². The third kappa shape index (κ3) is 6.14. The van der Waals surface area contributed by atoms with Crippen LogP contribution in [0.2, 0.25) is 0 Å². The average Bonchev–Trinajstić information content (AvgIpc) is 2.27. The van der Waals surface area contributed by atoms with Gasteiger partial charge in [-0.2, -0.15) is 0 Å². The molecule has 0 spiro atoms. The molecule has 1 rings (SSSR count). The highest BCUT2D eigenvalue weighted by Gasteiger charge is 2.16. The van der Waals surface area contributed by atoms with Gasteiger partial charge >= 0.3 is 5.97 Å². The van der Waals surface area contributed by atoms with Gasteiger partial charge in [-0.25, -0.2) is 4.98 Å². The monoisotopic (exact) mass is 298 g/mol. The molecule has 0 aliphatic carbocycles. The molecule has 112 valence electrons. The first-order valence-corrected chi connectivity index (χ1v) is 7.44. The van der Waals surface area contributed by atoms with E-state index in [1.165, 1.54) is 11.8 Å². The van der Waals surface area contributed by atoms with Crippen LogP contribution in [0.3, 0.4) is 0 Å². The number of anilines is 1. The third-order valence-corrected chi connectivity index (χ3v) is 2.87. The summed E-state index contributed by atoms with van der Waals surface area (Å²) in [6, 6.07) is 3.49. The fourth-order valence-electron chi connectivity index (χ4n) is 1.34. The number of aromatic nitrogens is 1. The zero-order valence-electron chi connectivity index (χ0n) is 12.6. The highest BCUT2D eigenvalue weighted by molar-refractivity contribution is 7.99. The Bertz CT molecular complexity index is 470. The van der Waals surface area contributed by atoms with Crippen molar-refractivity contribution in [2.24, 2.45) is 0 Å². The molecule has 0 unspecified atom stereocenters. The van der Waals surface area contributed by atoms with Crippen LogP contribution in [-0.4, -0.2) is 28.4 Å². The maximum absolute atomic E-state index is 11.6. The van der Waals surface area contributed by atoms with E-state index < -0.39 is 5.60 Å². The standard InChI is InChI=1S/C14H22N2O3S/c1-9(2)18-13-10(15)6-7-11(16-13)20-8-12(17)19-14(3,4)5/h6-7,9H,8,15H2,1-5H3. The number of pyridine rings is 1. The predicted molar refractivity (Wildman–Crippen MR) is 81.0 cm³/mol. The Morgan fingerprint density at radius 2 is 2.05 bits per heavy atom. The lowest BCUT2D eigenvalue weighted by atomic mass is 10.2. The molecule has 0 aliphatic heterocycles. The number of ether oxygens (including phenoxy) is 2. The second-order valence-electron chi connectivity index (χ2n) is 5.59. The number of nitrogens with two attached hydrogens (primary N) is 1. The Kier molecular flexibility index (Phi) is 5.68. The largest absolute Gasteiger partial charge is 0.473 e. The van der Waals surface area contributed by atoms with Crippen molar-refractivity contribution in [1.82, 2.24) is 4.98 Å². The molecule has 1 aromatic heterocycles. The van der Waals surface area contributed by atoms with Crippen molar-refractivity contribution in [3.63, 3.8) is 0 Å². The number of hydrogen-bond acceptors (Lipinski definition) is 6. The van der Waals surface area contributed by atoms with Crippen LogP contribution >= 0.6 is 11.8 Å². The summed E-state index contributed by atoms with van der Waals surface area (Å²) in [5.74, 6) is 0.330. The Labute approximate surface area is 124 Å². The quantitative estimate of drug-likeness (QED) is 0.665. The molecule has 1 heterocycles. The van der Waals surface area contributed by atoms with Crippen LogP contribution in [0.1, 0.15) is 34.6 Å². The van der Waals surface area contributed by atoms with E-state index >= 15 is 0 Å². The minimum Gasteiger partial charge on any atom is -0.473 e.